The molecule has 0 aliphatic carbocycles. The van der Waals surface area contributed by atoms with Gasteiger partial charge in [-0.1, -0.05) is 54.6 Å². The average molecular weight is 588 g/mol. The Morgan fingerprint density at radius 3 is 2.50 bits per heavy atom. The van der Waals surface area contributed by atoms with Gasteiger partial charge in [-0.2, -0.15) is 0 Å². The second-order valence-corrected chi connectivity index (χ2v) is 13.2. The molecule has 5 heterocycles. The van der Waals surface area contributed by atoms with Crippen molar-refractivity contribution < 1.29 is 4.79 Å². The van der Waals surface area contributed by atoms with Crippen LogP contribution in [0.3, 0.4) is 0 Å². The molecule has 42 heavy (non-hydrogen) atoms. The Morgan fingerprint density at radius 2 is 1.64 bits per heavy atom. The van der Waals surface area contributed by atoms with Crippen molar-refractivity contribution in [3.05, 3.63) is 113 Å². The number of aromatic nitrogens is 4. The molecule has 1 fully saturated rings. The maximum atomic E-state index is 13.6. The van der Waals surface area contributed by atoms with E-state index in [1.165, 1.54) is 11.8 Å². The molecule has 2 aliphatic rings. The number of piperidine rings is 1. The van der Waals surface area contributed by atoms with E-state index >= 15 is 0 Å². The lowest BCUT2D eigenvalue weighted by atomic mass is 9.83. The molecular weight excluding hydrogens is 563 g/mol. The number of thiazole rings is 1. The molecular formula is C33H25N5O2S2. The Balaban J connectivity index is 1.05. The molecule has 0 unspecified atom stereocenters. The van der Waals surface area contributed by atoms with E-state index in [0.29, 0.717) is 31.1 Å². The first-order valence-electron chi connectivity index (χ1n) is 14.0. The zero-order chi connectivity index (χ0) is 28.2. The third-order valence-corrected chi connectivity index (χ3v) is 10.4. The monoisotopic (exact) mass is 587 g/mol. The van der Waals surface area contributed by atoms with Crippen molar-refractivity contribution in [3.63, 3.8) is 0 Å². The summed E-state index contributed by atoms with van der Waals surface area (Å²) in [5, 5.41) is 12.1. The van der Waals surface area contributed by atoms with Crippen molar-refractivity contribution in [3.8, 4) is 11.3 Å². The molecule has 0 radical (unpaired) electrons. The molecule has 7 nitrogen and oxygen atoms in total. The molecule has 8 rings (SSSR count). The van der Waals surface area contributed by atoms with Crippen molar-refractivity contribution in [2.24, 2.45) is 5.92 Å². The fourth-order valence-electron chi connectivity index (χ4n) is 6.36. The van der Waals surface area contributed by atoms with Gasteiger partial charge in [-0.15, -0.1) is 21.5 Å². The molecule has 6 aromatic rings. The summed E-state index contributed by atoms with van der Waals surface area (Å²) in [6.07, 6.45) is 1.02. The summed E-state index contributed by atoms with van der Waals surface area (Å²) in [5.74, 6) is 0.511. The fraction of sp³-hybridized carbons (Fsp3) is 0.182. The van der Waals surface area contributed by atoms with E-state index in [1.54, 1.807) is 17.4 Å². The number of nitrogens with zero attached hydrogens (tertiary/aromatic N) is 5. The van der Waals surface area contributed by atoms with Crippen LogP contribution in [0.5, 0.6) is 0 Å². The van der Waals surface area contributed by atoms with Crippen molar-refractivity contribution >= 4 is 50.0 Å². The van der Waals surface area contributed by atoms with Gasteiger partial charge in [0.15, 0.2) is 4.34 Å². The molecule has 0 N–H and O–H groups in total. The maximum Gasteiger partial charge on any atom is 0.253 e. The van der Waals surface area contributed by atoms with E-state index in [1.807, 2.05) is 76.2 Å². The number of hydrogen-bond donors (Lipinski definition) is 0. The Bertz CT molecular complexity index is 2020. The molecule has 9 heteroatoms. The quantitative estimate of drug-likeness (QED) is 0.235. The third-order valence-electron chi connectivity index (χ3n) is 8.28. The summed E-state index contributed by atoms with van der Waals surface area (Å²) in [7, 11) is 0. The van der Waals surface area contributed by atoms with E-state index < -0.39 is 0 Å². The highest BCUT2D eigenvalue weighted by molar-refractivity contribution is 8.01. The molecule has 2 bridgehead atoms. The average Bonchev–Trinajstić information content (AvgIpc) is 3.44. The van der Waals surface area contributed by atoms with Crippen molar-refractivity contribution in [2.45, 2.75) is 28.2 Å². The van der Waals surface area contributed by atoms with Crippen LogP contribution in [-0.2, 0) is 6.54 Å². The van der Waals surface area contributed by atoms with Crippen LogP contribution < -0.4 is 5.56 Å². The predicted octanol–water partition coefficient (Wildman–Crippen LogP) is 6.48. The van der Waals surface area contributed by atoms with E-state index in [0.717, 1.165) is 53.7 Å². The molecule has 206 valence electrons. The summed E-state index contributed by atoms with van der Waals surface area (Å²) in [4.78, 5) is 32.7. The minimum absolute atomic E-state index is 0.0292. The molecule has 3 aromatic heterocycles. The maximum absolute atomic E-state index is 13.6. The first-order valence-corrected chi connectivity index (χ1v) is 15.6. The van der Waals surface area contributed by atoms with Gasteiger partial charge in [-0.3, -0.25) is 9.59 Å². The van der Waals surface area contributed by atoms with Crippen LogP contribution in [0.2, 0.25) is 0 Å². The van der Waals surface area contributed by atoms with Crippen molar-refractivity contribution in [1.29, 1.82) is 0 Å². The minimum Gasteiger partial charge on any atom is -0.338 e. The van der Waals surface area contributed by atoms with E-state index in [9.17, 15) is 9.59 Å². The van der Waals surface area contributed by atoms with Crippen molar-refractivity contribution in [1.82, 2.24) is 24.6 Å². The van der Waals surface area contributed by atoms with Gasteiger partial charge in [0.1, 0.15) is 10.7 Å². The van der Waals surface area contributed by atoms with Gasteiger partial charge in [0, 0.05) is 59.2 Å². The number of carbonyl (C=O) groups excluding carboxylic acids is 1. The zero-order valence-corrected chi connectivity index (χ0v) is 24.1. The predicted molar refractivity (Wildman–Crippen MR) is 166 cm³/mol. The highest BCUT2D eigenvalue weighted by Gasteiger charge is 2.36. The Kier molecular flexibility index (Phi) is 6.15. The van der Waals surface area contributed by atoms with Crippen LogP contribution in [0.25, 0.3) is 32.2 Å². The highest BCUT2D eigenvalue weighted by atomic mass is 32.2. The normalized spacial score (nSPS) is 17.9. The lowest BCUT2D eigenvalue weighted by Crippen LogP contribution is -2.49. The van der Waals surface area contributed by atoms with Gasteiger partial charge >= 0.3 is 0 Å². The van der Waals surface area contributed by atoms with Gasteiger partial charge in [0.05, 0.1) is 10.2 Å². The number of carbonyl (C=O) groups is 1. The summed E-state index contributed by atoms with van der Waals surface area (Å²) < 4.78 is 3.98. The SMILES string of the molecule is O=C(c1ccc(-c2nnc(Sc3nc4ccccc4s3)c3ccccc23)cc1)N1C[C@@H]2C[C@@H](C1)c1cccc(=O)n1C2. The number of amides is 1. The fourth-order valence-corrected chi connectivity index (χ4v) is 8.41. The van der Waals surface area contributed by atoms with Crippen LogP contribution in [0.15, 0.2) is 105 Å². The van der Waals surface area contributed by atoms with Crippen LogP contribution in [0.4, 0.5) is 0 Å². The topological polar surface area (TPSA) is 81.0 Å². The number of benzene rings is 3. The smallest absolute Gasteiger partial charge is 0.253 e. The van der Waals surface area contributed by atoms with Gasteiger partial charge in [0.2, 0.25) is 0 Å². The van der Waals surface area contributed by atoms with Crippen LogP contribution in [-0.4, -0.2) is 43.6 Å². The molecule has 1 saturated heterocycles. The van der Waals surface area contributed by atoms with Gasteiger partial charge in [0.25, 0.3) is 11.5 Å². The largest absolute Gasteiger partial charge is 0.338 e. The van der Waals surface area contributed by atoms with Crippen LogP contribution in [0.1, 0.15) is 28.4 Å². The van der Waals surface area contributed by atoms with E-state index in [2.05, 4.69) is 28.4 Å². The minimum atomic E-state index is 0.0292. The number of fused-ring (bicyclic) bond motifs is 6. The summed E-state index contributed by atoms with van der Waals surface area (Å²) in [5.41, 5.74) is 4.44. The first-order chi connectivity index (χ1) is 20.6. The van der Waals surface area contributed by atoms with Crippen LogP contribution >= 0.6 is 23.1 Å². The van der Waals surface area contributed by atoms with Gasteiger partial charge in [-0.25, -0.2) is 4.98 Å². The lowest BCUT2D eigenvalue weighted by Gasteiger charge is -2.42. The summed E-state index contributed by atoms with van der Waals surface area (Å²) in [6, 6.07) is 29.5. The Morgan fingerprint density at radius 1 is 0.833 bits per heavy atom. The summed E-state index contributed by atoms with van der Waals surface area (Å²) in [6.45, 7) is 1.97. The Hall–Kier alpha value is -4.34. The molecule has 0 saturated carbocycles. The standard InChI is InChI=1S/C33H25N5O2S2/c39-29-11-5-9-27-23-16-20(18-38(27)29)17-37(19-23)32(40)22-14-12-21(13-15-22)30-24-6-1-2-7-25(24)31(36-35-30)42-33-34-26-8-3-4-10-28(26)41-33/h1-15,20,23H,16-19H2/t20-,23-/m0/s1. The lowest BCUT2D eigenvalue weighted by molar-refractivity contribution is 0.0594. The molecule has 3 aromatic carbocycles. The van der Waals surface area contributed by atoms with E-state index in [-0.39, 0.29) is 17.4 Å². The van der Waals surface area contributed by atoms with Crippen LogP contribution in [0, 0.1) is 5.92 Å². The van der Waals surface area contributed by atoms with Gasteiger partial charge in [-0.05, 0) is 54.4 Å². The summed E-state index contributed by atoms with van der Waals surface area (Å²) >= 11 is 3.19. The second-order valence-electron chi connectivity index (χ2n) is 10.9. The molecule has 2 atom stereocenters. The van der Waals surface area contributed by atoms with E-state index in [4.69, 9.17) is 4.98 Å². The number of pyridine rings is 1. The molecule has 0 spiro atoms. The molecule has 2 aliphatic heterocycles. The van der Waals surface area contributed by atoms with Gasteiger partial charge < -0.3 is 9.47 Å². The highest BCUT2D eigenvalue weighted by Crippen LogP contribution is 2.39. The molecule has 1 amide bonds. The van der Waals surface area contributed by atoms with Crippen molar-refractivity contribution in [2.75, 3.05) is 13.1 Å². The number of rotatable bonds is 4. The third kappa shape index (κ3) is 4.40. The first kappa shape index (κ1) is 25.4. The zero-order valence-electron chi connectivity index (χ0n) is 22.5. The number of hydrogen-bond acceptors (Lipinski definition) is 7. The number of para-hydroxylation sites is 1. The number of likely N-dealkylation sites (tertiary alicyclic amines) is 1. The Labute approximate surface area is 249 Å². The second kappa shape index (κ2) is 10.2.